The van der Waals surface area contributed by atoms with Gasteiger partial charge in [0.1, 0.15) is 11.5 Å². The summed E-state index contributed by atoms with van der Waals surface area (Å²) in [6, 6.07) is 3.80. The van der Waals surface area contributed by atoms with Gasteiger partial charge in [0.15, 0.2) is 6.29 Å². The third kappa shape index (κ3) is 5.35. The average molecular weight is 283 g/mol. The molecule has 112 valence electrons. The van der Waals surface area contributed by atoms with Crippen molar-refractivity contribution < 1.29 is 13.9 Å². The van der Waals surface area contributed by atoms with E-state index in [9.17, 15) is 9.30 Å². The molecule has 0 saturated heterocycles. The van der Waals surface area contributed by atoms with Gasteiger partial charge in [-0.05, 0) is 36.2 Å². The Morgan fingerprint density at radius 2 is 1.75 bits per heavy atom. The van der Waals surface area contributed by atoms with Crippen molar-refractivity contribution in [2.75, 3.05) is 13.2 Å². The van der Waals surface area contributed by atoms with Crippen molar-refractivity contribution in [2.24, 2.45) is 5.18 Å². The summed E-state index contributed by atoms with van der Waals surface area (Å²) in [4.78, 5) is 10.8. The van der Waals surface area contributed by atoms with Crippen LogP contribution in [0.4, 0.5) is 10.1 Å². The van der Waals surface area contributed by atoms with Gasteiger partial charge in [-0.25, -0.2) is 4.39 Å². The standard InChI is InChI=1S/C15H22FNO3/c1-3-5-9-19-15(20-10-6-4-2)13-11-12(16)7-8-14(13)17-18/h7-8,11,15H,3-6,9-10H2,1-2H3. The topological polar surface area (TPSA) is 47.9 Å². The van der Waals surface area contributed by atoms with Crippen molar-refractivity contribution in [2.45, 2.75) is 45.8 Å². The number of hydrogen-bond acceptors (Lipinski definition) is 4. The summed E-state index contributed by atoms with van der Waals surface area (Å²) in [5, 5.41) is 2.91. The molecule has 1 aromatic rings. The summed E-state index contributed by atoms with van der Waals surface area (Å²) >= 11 is 0. The summed E-state index contributed by atoms with van der Waals surface area (Å²) in [6.07, 6.45) is 3.00. The molecule has 0 aliphatic rings. The van der Waals surface area contributed by atoms with Crippen molar-refractivity contribution in [1.29, 1.82) is 0 Å². The number of ether oxygens (including phenoxy) is 2. The van der Waals surface area contributed by atoms with E-state index in [1.54, 1.807) is 0 Å². The molecule has 0 bridgehead atoms. The van der Waals surface area contributed by atoms with Crippen LogP contribution in [0.1, 0.15) is 51.4 Å². The fraction of sp³-hybridized carbons (Fsp3) is 0.600. The minimum absolute atomic E-state index is 0.157. The lowest BCUT2D eigenvalue weighted by molar-refractivity contribution is -0.147. The highest BCUT2D eigenvalue weighted by molar-refractivity contribution is 5.46. The van der Waals surface area contributed by atoms with Gasteiger partial charge in [-0.3, -0.25) is 0 Å². The first kappa shape index (κ1) is 16.7. The second-order valence-electron chi connectivity index (χ2n) is 4.58. The summed E-state index contributed by atoms with van der Waals surface area (Å²) in [5.41, 5.74) is 0.511. The van der Waals surface area contributed by atoms with E-state index in [0.717, 1.165) is 25.7 Å². The second kappa shape index (κ2) is 9.55. The number of benzene rings is 1. The third-order valence-corrected chi connectivity index (χ3v) is 2.88. The molecule has 0 amide bonds. The van der Waals surface area contributed by atoms with Crippen LogP contribution in [0, 0.1) is 10.7 Å². The fourth-order valence-electron chi connectivity index (χ4n) is 1.69. The fourth-order valence-corrected chi connectivity index (χ4v) is 1.69. The van der Waals surface area contributed by atoms with Crippen LogP contribution >= 0.6 is 0 Å². The summed E-state index contributed by atoms with van der Waals surface area (Å²) in [6.45, 7) is 5.11. The lowest BCUT2D eigenvalue weighted by Gasteiger charge is -2.19. The second-order valence-corrected chi connectivity index (χ2v) is 4.58. The number of hydrogen-bond donors (Lipinski definition) is 0. The lowest BCUT2D eigenvalue weighted by atomic mass is 10.1. The molecule has 0 spiro atoms. The van der Waals surface area contributed by atoms with E-state index in [2.05, 4.69) is 19.0 Å². The van der Waals surface area contributed by atoms with E-state index in [4.69, 9.17) is 9.47 Å². The number of nitroso groups, excluding NO2 is 1. The van der Waals surface area contributed by atoms with Crippen LogP contribution < -0.4 is 0 Å². The van der Waals surface area contributed by atoms with E-state index >= 15 is 0 Å². The van der Waals surface area contributed by atoms with Crippen LogP contribution in [0.15, 0.2) is 23.4 Å². The molecule has 0 saturated carbocycles. The van der Waals surface area contributed by atoms with Gasteiger partial charge >= 0.3 is 0 Å². The van der Waals surface area contributed by atoms with Crippen LogP contribution in [0.2, 0.25) is 0 Å². The summed E-state index contributed by atoms with van der Waals surface area (Å²) in [5.74, 6) is -0.435. The van der Waals surface area contributed by atoms with Crippen LogP contribution in [-0.2, 0) is 9.47 Å². The maximum atomic E-state index is 13.4. The Bertz CT molecular complexity index is 402. The quantitative estimate of drug-likeness (QED) is 0.350. The average Bonchev–Trinajstić information content (AvgIpc) is 2.46. The Kier molecular flexibility index (Phi) is 7.99. The molecule has 20 heavy (non-hydrogen) atoms. The molecule has 0 radical (unpaired) electrons. The summed E-state index contributed by atoms with van der Waals surface area (Å²) < 4.78 is 24.6. The zero-order valence-electron chi connectivity index (χ0n) is 12.1. The molecule has 0 aliphatic carbocycles. The maximum Gasteiger partial charge on any atom is 0.186 e. The van der Waals surface area contributed by atoms with Gasteiger partial charge in [0.25, 0.3) is 0 Å². The Hall–Kier alpha value is -1.33. The molecule has 1 aromatic carbocycles. The Morgan fingerprint density at radius 3 is 2.25 bits per heavy atom. The largest absolute Gasteiger partial charge is 0.348 e. The van der Waals surface area contributed by atoms with Crippen molar-refractivity contribution in [3.05, 3.63) is 34.5 Å². The van der Waals surface area contributed by atoms with E-state index in [0.29, 0.717) is 18.8 Å². The Labute approximate surface area is 119 Å². The monoisotopic (exact) mass is 283 g/mol. The maximum absolute atomic E-state index is 13.4. The van der Waals surface area contributed by atoms with E-state index < -0.39 is 12.1 Å². The van der Waals surface area contributed by atoms with Crippen LogP contribution in [-0.4, -0.2) is 13.2 Å². The molecule has 0 heterocycles. The Balaban J connectivity index is 2.83. The number of nitrogens with zero attached hydrogens (tertiary/aromatic N) is 1. The van der Waals surface area contributed by atoms with Gasteiger partial charge < -0.3 is 9.47 Å². The molecule has 0 aromatic heterocycles. The van der Waals surface area contributed by atoms with Gasteiger partial charge in [-0.2, -0.15) is 0 Å². The van der Waals surface area contributed by atoms with E-state index in [1.807, 2.05) is 0 Å². The first-order chi connectivity index (χ1) is 9.72. The highest BCUT2D eigenvalue weighted by Crippen LogP contribution is 2.30. The van der Waals surface area contributed by atoms with Gasteiger partial charge in [-0.15, -0.1) is 4.91 Å². The van der Waals surface area contributed by atoms with Crippen LogP contribution in [0.3, 0.4) is 0 Å². The van der Waals surface area contributed by atoms with E-state index in [-0.39, 0.29) is 5.69 Å². The van der Waals surface area contributed by atoms with Crippen LogP contribution in [0.25, 0.3) is 0 Å². The lowest BCUT2D eigenvalue weighted by Crippen LogP contribution is -2.11. The third-order valence-electron chi connectivity index (χ3n) is 2.88. The van der Waals surface area contributed by atoms with Crippen molar-refractivity contribution >= 4 is 5.69 Å². The number of halogens is 1. The highest BCUT2D eigenvalue weighted by Gasteiger charge is 2.18. The number of rotatable bonds is 10. The van der Waals surface area contributed by atoms with Gasteiger partial charge in [0, 0.05) is 5.56 Å². The minimum atomic E-state index is -0.739. The zero-order chi connectivity index (χ0) is 14.8. The molecule has 0 fully saturated rings. The predicted molar refractivity (Wildman–Crippen MR) is 76.3 cm³/mol. The molecular formula is C15H22FNO3. The van der Waals surface area contributed by atoms with Gasteiger partial charge in [0.2, 0.25) is 0 Å². The first-order valence-electron chi connectivity index (χ1n) is 7.08. The molecule has 0 unspecified atom stereocenters. The zero-order valence-corrected chi connectivity index (χ0v) is 12.1. The molecule has 5 heteroatoms. The van der Waals surface area contributed by atoms with Crippen LogP contribution in [0.5, 0.6) is 0 Å². The van der Waals surface area contributed by atoms with Crippen molar-refractivity contribution in [3.8, 4) is 0 Å². The SMILES string of the molecule is CCCCOC(OCCCC)c1cc(F)ccc1N=O. The minimum Gasteiger partial charge on any atom is -0.348 e. The van der Waals surface area contributed by atoms with Gasteiger partial charge in [-0.1, -0.05) is 26.7 Å². The summed E-state index contributed by atoms with van der Waals surface area (Å²) in [7, 11) is 0. The molecule has 1 rings (SSSR count). The molecular weight excluding hydrogens is 261 g/mol. The number of unbranched alkanes of at least 4 members (excludes halogenated alkanes) is 2. The molecule has 0 N–H and O–H groups in total. The highest BCUT2D eigenvalue weighted by atomic mass is 19.1. The van der Waals surface area contributed by atoms with Crippen molar-refractivity contribution in [1.82, 2.24) is 0 Å². The Morgan fingerprint density at radius 1 is 1.15 bits per heavy atom. The first-order valence-corrected chi connectivity index (χ1v) is 7.08. The normalized spacial score (nSPS) is 11.0. The molecule has 0 aliphatic heterocycles. The van der Waals surface area contributed by atoms with Crippen molar-refractivity contribution in [3.63, 3.8) is 0 Å². The van der Waals surface area contributed by atoms with E-state index in [1.165, 1.54) is 18.2 Å². The van der Waals surface area contributed by atoms with Gasteiger partial charge in [0.05, 0.1) is 13.2 Å². The predicted octanol–water partition coefficient (Wildman–Crippen LogP) is 4.86. The molecule has 4 nitrogen and oxygen atoms in total. The smallest absolute Gasteiger partial charge is 0.186 e. The molecule has 0 atom stereocenters.